The van der Waals surface area contributed by atoms with Crippen LogP contribution < -0.4 is 5.32 Å². The van der Waals surface area contributed by atoms with Gasteiger partial charge in [0.1, 0.15) is 5.76 Å². The predicted octanol–water partition coefficient (Wildman–Crippen LogP) is 6.05. The molecule has 1 aliphatic heterocycles. The topological polar surface area (TPSA) is 58.3 Å². The van der Waals surface area contributed by atoms with Gasteiger partial charge in [-0.25, -0.2) is 4.98 Å². The Morgan fingerprint density at radius 3 is 2.29 bits per heavy atom. The largest absolute Gasteiger partial charge is 0.446 e. The summed E-state index contributed by atoms with van der Waals surface area (Å²) in [6.45, 7) is 3.58. The van der Waals surface area contributed by atoms with E-state index < -0.39 is 29.1 Å². The highest BCUT2D eigenvalue weighted by Gasteiger charge is 2.71. The number of halogens is 6. The molecule has 0 radical (unpaired) electrons. The van der Waals surface area contributed by atoms with Gasteiger partial charge in [0, 0.05) is 29.6 Å². The van der Waals surface area contributed by atoms with Crippen LogP contribution in [0.3, 0.4) is 0 Å². The maximum Gasteiger partial charge on any atom is 0.430 e. The van der Waals surface area contributed by atoms with Crippen molar-refractivity contribution < 1.29 is 35.9 Å². The summed E-state index contributed by atoms with van der Waals surface area (Å²) >= 11 is 0. The Bertz CT molecular complexity index is 1190. The third-order valence-electron chi connectivity index (χ3n) is 6.33. The molecule has 3 aromatic rings. The van der Waals surface area contributed by atoms with Crippen LogP contribution in [0.2, 0.25) is 0 Å². The first-order valence-corrected chi connectivity index (χ1v) is 11.0. The van der Waals surface area contributed by atoms with E-state index in [1.807, 2.05) is 37.3 Å². The maximum absolute atomic E-state index is 13.3. The molecule has 2 aromatic carbocycles. The van der Waals surface area contributed by atoms with Crippen LogP contribution in [0.1, 0.15) is 41.0 Å². The van der Waals surface area contributed by atoms with Gasteiger partial charge in [0.2, 0.25) is 0 Å². The van der Waals surface area contributed by atoms with Crippen LogP contribution in [0.4, 0.5) is 32.0 Å². The SMILES string of the molecule is Cc1oc(CCc2ccccc2)nc1CC1(C)Cc2cc(C(O)(C(F)(F)F)C(F)(F)F)ccc2N1. The number of aromatic nitrogens is 1. The van der Waals surface area contributed by atoms with E-state index in [-0.39, 0.29) is 12.0 Å². The second-order valence-electron chi connectivity index (χ2n) is 9.21. The quantitative estimate of drug-likeness (QED) is 0.407. The molecule has 1 unspecified atom stereocenters. The first-order chi connectivity index (χ1) is 16.2. The highest BCUT2D eigenvalue weighted by molar-refractivity contribution is 5.61. The third-order valence-corrected chi connectivity index (χ3v) is 6.33. The second-order valence-corrected chi connectivity index (χ2v) is 9.21. The van der Waals surface area contributed by atoms with Gasteiger partial charge in [-0.15, -0.1) is 0 Å². The van der Waals surface area contributed by atoms with E-state index in [2.05, 4.69) is 10.3 Å². The van der Waals surface area contributed by atoms with Gasteiger partial charge >= 0.3 is 12.4 Å². The van der Waals surface area contributed by atoms with Crippen LogP contribution in [0.5, 0.6) is 0 Å². The number of hydrogen-bond acceptors (Lipinski definition) is 4. The van der Waals surface area contributed by atoms with E-state index in [1.165, 1.54) is 0 Å². The summed E-state index contributed by atoms with van der Waals surface area (Å²) < 4.78 is 85.5. The zero-order valence-electron chi connectivity index (χ0n) is 19.0. The summed E-state index contributed by atoms with van der Waals surface area (Å²) in [6.07, 6.45) is -10.0. The van der Waals surface area contributed by atoms with Crippen LogP contribution >= 0.6 is 0 Å². The maximum atomic E-state index is 13.3. The minimum Gasteiger partial charge on any atom is -0.446 e. The van der Waals surface area contributed by atoms with Crippen LogP contribution in [-0.2, 0) is 31.3 Å². The molecule has 1 aliphatic rings. The lowest BCUT2D eigenvalue weighted by atomic mass is 9.88. The summed E-state index contributed by atoms with van der Waals surface area (Å²) in [5, 5.41) is 12.9. The molecule has 2 N–H and O–H groups in total. The molecule has 188 valence electrons. The van der Waals surface area contributed by atoms with Crippen LogP contribution in [-0.4, -0.2) is 28.0 Å². The van der Waals surface area contributed by atoms with Crippen molar-refractivity contribution in [1.82, 2.24) is 4.98 Å². The van der Waals surface area contributed by atoms with Crippen molar-refractivity contribution in [3.8, 4) is 0 Å². The van der Waals surface area contributed by atoms with Crippen molar-refractivity contribution >= 4 is 5.69 Å². The first-order valence-electron chi connectivity index (χ1n) is 11.0. The number of aliphatic hydroxyl groups is 1. The number of alkyl halides is 6. The number of oxazole rings is 1. The number of hydrogen-bond donors (Lipinski definition) is 2. The molecule has 0 saturated carbocycles. The molecule has 0 fully saturated rings. The average Bonchev–Trinajstić information content (AvgIpc) is 3.28. The highest BCUT2D eigenvalue weighted by Crippen LogP contribution is 2.51. The van der Waals surface area contributed by atoms with Crippen LogP contribution in [0.15, 0.2) is 52.9 Å². The number of aryl methyl sites for hydroxylation is 3. The molecule has 1 aromatic heterocycles. The van der Waals surface area contributed by atoms with Crippen molar-refractivity contribution in [2.75, 3.05) is 5.32 Å². The van der Waals surface area contributed by atoms with E-state index >= 15 is 0 Å². The van der Waals surface area contributed by atoms with E-state index in [4.69, 9.17) is 4.42 Å². The Balaban J connectivity index is 1.52. The van der Waals surface area contributed by atoms with Crippen LogP contribution in [0.25, 0.3) is 0 Å². The second kappa shape index (κ2) is 8.58. The Hall–Kier alpha value is -3.01. The molecule has 4 nitrogen and oxygen atoms in total. The normalized spacial score (nSPS) is 18.4. The Labute approximate surface area is 198 Å². The molecule has 35 heavy (non-hydrogen) atoms. The number of nitrogens with one attached hydrogen (secondary N) is 1. The molecular weight excluding hydrogens is 474 g/mol. The summed E-state index contributed by atoms with van der Waals surface area (Å²) in [5.74, 6) is 1.17. The zero-order valence-corrected chi connectivity index (χ0v) is 19.0. The molecule has 0 saturated heterocycles. The number of nitrogens with zero attached hydrogens (tertiary/aromatic N) is 1. The minimum atomic E-state index is -5.93. The molecule has 0 spiro atoms. The Morgan fingerprint density at radius 1 is 1.00 bits per heavy atom. The highest BCUT2D eigenvalue weighted by atomic mass is 19.4. The Kier molecular flexibility index (Phi) is 6.15. The molecule has 2 heterocycles. The number of anilines is 1. The number of fused-ring (bicyclic) bond motifs is 1. The molecular formula is C25H24F6N2O2. The molecule has 1 atom stereocenters. The van der Waals surface area contributed by atoms with Crippen molar-refractivity contribution in [3.63, 3.8) is 0 Å². The van der Waals surface area contributed by atoms with E-state index in [0.29, 0.717) is 41.9 Å². The minimum absolute atomic E-state index is 0.146. The third kappa shape index (κ3) is 4.76. The van der Waals surface area contributed by atoms with Gasteiger partial charge in [0.05, 0.1) is 5.69 Å². The molecule has 0 aliphatic carbocycles. The van der Waals surface area contributed by atoms with E-state index in [1.54, 1.807) is 6.92 Å². The molecule has 0 bridgehead atoms. The fraction of sp³-hybridized carbons (Fsp3) is 0.400. The van der Waals surface area contributed by atoms with Crippen molar-refractivity contribution in [2.24, 2.45) is 0 Å². The number of benzene rings is 2. The molecule has 10 heteroatoms. The Morgan fingerprint density at radius 2 is 1.66 bits per heavy atom. The smallest absolute Gasteiger partial charge is 0.430 e. The monoisotopic (exact) mass is 498 g/mol. The van der Waals surface area contributed by atoms with Gasteiger partial charge in [0.25, 0.3) is 5.60 Å². The summed E-state index contributed by atoms with van der Waals surface area (Å²) in [5.41, 5.74) is -4.46. The van der Waals surface area contributed by atoms with Gasteiger partial charge in [-0.05, 0) is 43.9 Å². The van der Waals surface area contributed by atoms with Crippen molar-refractivity contribution in [2.45, 2.75) is 63.0 Å². The summed E-state index contributed by atoms with van der Waals surface area (Å²) in [4.78, 5) is 4.57. The molecule has 4 rings (SSSR count). The van der Waals surface area contributed by atoms with E-state index in [9.17, 15) is 31.4 Å². The van der Waals surface area contributed by atoms with E-state index in [0.717, 1.165) is 24.1 Å². The van der Waals surface area contributed by atoms with Gasteiger partial charge in [-0.3, -0.25) is 0 Å². The lowest BCUT2D eigenvalue weighted by molar-refractivity contribution is -0.376. The standard InChI is InChI=1S/C25H24F6N2O2/c1-15-20(32-21(35-15)11-8-16-6-4-3-5-7-16)14-22(2)13-17-12-18(9-10-19(17)33-22)23(34,24(26,27)28)25(29,30)31/h3-7,9-10,12,33-34H,8,11,13-14H2,1-2H3. The van der Waals surface area contributed by atoms with Gasteiger partial charge in [-0.2, -0.15) is 26.3 Å². The molecule has 0 amide bonds. The number of rotatable bonds is 6. The van der Waals surface area contributed by atoms with Crippen LogP contribution in [0, 0.1) is 6.92 Å². The van der Waals surface area contributed by atoms with Crippen molar-refractivity contribution in [3.05, 3.63) is 82.6 Å². The fourth-order valence-electron chi connectivity index (χ4n) is 4.50. The summed E-state index contributed by atoms with van der Waals surface area (Å²) in [7, 11) is 0. The fourth-order valence-corrected chi connectivity index (χ4v) is 4.50. The zero-order chi connectivity index (χ0) is 25.6. The van der Waals surface area contributed by atoms with Gasteiger partial charge < -0.3 is 14.8 Å². The van der Waals surface area contributed by atoms with Gasteiger partial charge in [0.15, 0.2) is 5.89 Å². The average molecular weight is 498 g/mol. The summed E-state index contributed by atoms with van der Waals surface area (Å²) in [6, 6.07) is 12.4. The first kappa shape index (κ1) is 25.1. The van der Waals surface area contributed by atoms with Crippen molar-refractivity contribution in [1.29, 1.82) is 0 Å². The van der Waals surface area contributed by atoms with Gasteiger partial charge in [-0.1, -0.05) is 42.5 Å². The lowest BCUT2D eigenvalue weighted by Crippen LogP contribution is -2.53. The lowest BCUT2D eigenvalue weighted by Gasteiger charge is -2.32. The predicted molar refractivity (Wildman–Crippen MR) is 117 cm³/mol.